The standard InChI is InChI=1S/C10H16N2O8.4K.4H/c13-7(14)3-11(4-8(15)16)1-2-12(5-9(17)18)6-10(19)20;;;;;;;;/h1-6H2,(H,13,14)(H,15,16)(H,17,18)(H,19,20);;;;;;;;/q;4*+1;4*-1. The summed E-state index contributed by atoms with van der Waals surface area (Å²) in [7, 11) is 0. The second-order valence-corrected chi connectivity index (χ2v) is 4.00. The number of rotatable bonds is 11. The minimum absolute atomic E-state index is 0. The second-order valence-electron chi connectivity index (χ2n) is 4.00. The van der Waals surface area contributed by atoms with Gasteiger partial charge < -0.3 is 26.1 Å². The number of hydrogen-bond donors (Lipinski definition) is 4. The second kappa shape index (κ2) is 23.6. The molecule has 10 nitrogen and oxygen atoms in total. The molecule has 0 saturated heterocycles. The van der Waals surface area contributed by atoms with Crippen molar-refractivity contribution < 1.29 is 251 Å². The molecule has 0 aliphatic carbocycles. The molecule has 0 fully saturated rings. The molecule has 0 rings (SSSR count). The summed E-state index contributed by atoms with van der Waals surface area (Å²) in [5, 5.41) is 34.5. The maximum absolute atomic E-state index is 10.6. The van der Waals surface area contributed by atoms with Gasteiger partial charge in [-0.25, -0.2) is 0 Å². The molecule has 122 valence electrons. The van der Waals surface area contributed by atoms with Crippen LogP contribution in [-0.2, 0) is 19.2 Å². The van der Waals surface area contributed by atoms with Crippen LogP contribution in [0.1, 0.15) is 5.71 Å². The van der Waals surface area contributed by atoms with E-state index in [2.05, 4.69) is 0 Å². The van der Waals surface area contributed by atoms with E-state index in [4.69, 9.17) is 20.4 Å². The Kier molecular flexibility index (Phi) is 38.3. The predicted octanol–water partition coefficient (Wildman–Crippen LogP) is -13.6. The van der Waals surface area contributed by atoms with E-state index in [1.165, 1.54) is 0 Å². The molecule has 24 heavy (non-hydrogen) atoms. The van der Waals surface area contributed by atoms with Crippen LogP contribution >= 0.6 is 0 Å². The van der Waals surface area contributed by atoms with Gasteiger partial charge in [0.05, 0.1) is 26.2 Å². The molecule has 0 unspecified atom stereocenters. The number of nitrogens with zero attached hydrogens (tertiary/aromatic N) is 2. The zero-order valence-electron chi connectivity index (χ0n) is 18.6. The van der Waals surface area contributed by atoms with Crippen LogP contribution in [0, 0.1) is 0 Å². The molecule has 0 atom stereocenters. The fourth-order valence-corrected chi connectivity index (χ4v) is 1.48. The molecule has 0 heterocycles. The van der Waals surface area contributed by atoms with E-state index in [9.17, 15) is 19.2 Å². The van der Waals surface area contributed by atoms with E-state index < -0.39 is 50.1 Å². The van der Waals surface area contributed by atoms with Crippen molar-refractivity contribution in [1.29, 1.82) is 0 Å². The third-order valence-corrected chi connectivity index (χ3v) is 2.17. The maximum atomic E-state index is 10.6. The first-order chi connectivity index (χ1) is 9.20. The zero-order valence-corrected chi connectivity index (χ0v) is 27.1. The quantitative estimate of drug-likeness (QED) is 0.222. The number of hydrogen-bond acceptors (Lipinski definition) is 6. The summed E-state index contributed by atoms with van der Waals surface area (Å²) in [6.07, 6.45) is 0. The molecule has 0 aliphatic heterocycles. The third-order valence-electron chi connectivity index (χ3n) is 2.17. The van der Waals surface area contributed by atoms with Crippen molar-refractivity contribution in [3.05, 3.63) is 0 Å². The molecule has 0 bridgehead atoms. The van der Waals surface area contributed by atoms with Gasteiger partial charge in [-0.15, -0.1) is 0 Å². The van der Waals surface area contributed by atoms with Crippen LogP contribution in [0.2, 0.25) is 0 Å². The van der Waals surface area contributed by atoms with Crippen LogP contribution in [0.15, 0.2) is 0 Å². The smallest absolute Gasteiger partial charge is 1.00 e. The van der Waals surface area contributed by atoms with Crippen LogP contribution in [0.3, 0.4) is 0 Å². The van der Waals surface area contributed by atoms with Crippen LogP contribution in [-0.4, -0.2) is 93.4 Å². The topological polar surface area (TPSA) is 156 Å². The van der Waals surface area contributed by atoms with E-state index in [-0.39, 0.29) is 224 Å². The summed E-state index contributed by atoms with van der Waals surface area (Å²) in [5.41, 5.74) is 0. The first kappa shape index (κ1) is 38.9. The van der Waals surface area contributed by atoms with Gasteiger partial charge in [0.15, 0.2) is 0 Å². The molecule has 0 amide bonds. The normalized spacial score (nSPS) is 8.92. The van der Waals surface area contributed by atoms with Crippen molar-refractivity contribution in [2.75, 3.05) is 39.3 Å². The average molecular weight is 453 g/mol. The molecule has 14 heteroatoms. The summed E-state index contributed by atoms with van der Waals surface area (Å²) in [5.74, 6) is -4.91. The molecule has 4 N–H and O–H groups in total. The van der Waals surface area contributed by atoms with Gasteiger partial charge in [0.1, 0.15) is 0 Å². The Hall–Kier alpha value is 4.35. The third kappa shape index (κ3) is 26.3. The molecule has 0 saturated carbocycles. The van der Waals surface area contributed by atoms with E-state index >= 15 is 0 Å². The van der Waals surface area contributed by atoms with Gasteiger partial charge >= 0.3 is 229 Å². The van der Waals surface area contributed by atoms with Crippen molar-refractivity contribution in [2.24, 2.45) is 0 Å². The molecule has 0 radical (unpaired) electrons. The Morgan fingerprint density at radius 2 is 0.708 bits per heavy atom. The van der Waals surface area contributed by atoms with E-state index in [0.29, 0.717) is 0 Å². The molecular formula is C10H20K4N2O8. The van der Waals surface area contributed by atoms with Crippen LogP contribution in [0.4, 0.5) is 0 Å². The minimum atomic E-state index is -1.23. The van der Waals surface area contributed by atoms with Crippen LogP contribution in [0.25, 0.3) is 0 Å². The first-order valence-corrected chi connectivity index (χ1v) is 5.52. The first-order valence-electron chi connectivity index (χ1n) is 5.52. The molecular weight excluding hydrogens is 433 g/mol. The Morgan fingerprint density at radius 3 is 0.833 bits per heavy atom. The predicted molar refractivity (Wildman–Crippen MR) is 67.9 cm³/mol. The SMILES string of the molecule is O=C(O)CN(CCN(CC(=O)O)CC(=O)O)CC(=O)O.[H-].[H-].[H-].[H-].[K+].[K+].[K+].[K+]. The Balaban J connectivity index is -0.0000000645. The van der Waals surface area contributed by atoms with Gasteiger partial charge in [-0.2, -0.15) is 0 Å². The van der Waals surface area contributed by atoms with Gasteiger partial charge in [-0.05, 0) is 0 Å². The van der Waals surface area contributed by atoms with Crippen molar-refractivity contribution in [1.82, 2.24) is 9.80 Å². The molecule has 0 aromatic carbocycles. The summed E-state index contributed by atoms with van der Waals surface area (Å²) in [4.78, 5) is 44.4. The zero-order chi connectivity index (χ0) is 15.7. The van der Waals surface area contributed by atoms with Crippen molar-refractivity contribution >= 4 is 23.9 Å². The number of carboxylic acid groups (broad SMARTS) is 4. The fraction of sp³-hybridized carbons (Fsp3) is 0.600. The van der Waals surface area contributed by atoms with Crippen molar-refractivity contribution in [3.63, 3.8) is 0 Å². The summed E-state index contributed by atoms with van der Waals surface area (Å²) in [6, 6.07) is 0. The van der Waals surface area contributed by atoms with E-state index in [0.717, 1.165) is 9.80 Å². The van der Waals surface area contributed by atoms with E-state index in [1.54, 1.807) is 0 Å². The molecule has 0 aromatic rings. The number of aliphatic carboxylic acids is 4. The van der Waals surface area contributed by atoms with Crippen molar-refractivity contribution in [3.8, 4) is 0 Å². The summed E-state index contributed by atoms with van der Waals surface area (Å²) < 4.78 is 0. The Morgan fingerprint density at radius 1 is 0.542 bits per heavy atom. The van der Waals surface area contributed by atoms with Gasteiger partial charge in [-0.3, -0.25) is 29.0 Å². The largest absolute Gasteiger partial charge is 1.00 e. The summed E-state index contributed by atoms with van der Waals surface area (Å²) >= 11 is 0. The monoisotopic (exact) mass is 452 g/mol. The fourth-order valence-electron chi connectivity index (χ4n) is 1.48. The van der Waals surface area contributed by atoms with Crippen LogP contribution in [0.5, 0.6) is 0 Å². The molecule has 0 aliphatic rings. The Bertz CT molecular complexity index is 348. The maximum Gasteiger partial charge on any atom is 1.00 e. The summed E-state index contributed by atoms with van der Waals surface area (Å²) in [6.45, 7) is -2.25. The number of carboxylic acids is 4. The van der Waals surface area contributed by atoms with Crippen molar-refractivity contribution in [2.45, 2.75) is 0 Å². The molecule has 0 spiro atoms. The van der Waals surface area contributed by atoms with Crippen LogP contribution < -0.4 is 206 Å². The average Bonchev–Trinajstić information content (AvgIpc) is 2.22. The van der Waals surface area contributed by atoms with Gasteiger partial charge in [0.2, 0.25) is 0 Å². The van der Waals surface area contributed by atoms with E-state index in [1.807, 2.05) is 0 Å². The number of carbonyl (C=O) groups is 4. The Labute approximate surface area is 315 Å². The van der Waals surface area contributed by atoms with Gasteiger partial charge in [0.25, 0.3) is 0 Å². The minimum Gasteiger partial charge on any atom is -1.00 e. The van der Waals surface area contributed by atoms with Gasteiger partial charge in [0, 0.05) is 13.1 Å². The van der Waals surface area contributed by atoms with Gasteiger partial charge in [-0.1, -0.05) is 0 Å². The molecule has 0 aromatic heterocycles.